The Bertz CT molecular complexity index is 664. The third kappa shape index (κ3) is 3.72. The molecule has 0 spiro atoms. The fraction of sp³-hybridized carbons (Fsp3) is 0.412. The molecule has 1 heterocycles. The molecule has 2 aromatic rings. The smallest absolute Gasteiger partial charge is 0.203 e. The number of benzene rings is 1. The first-order valence-electron chi connectivity index (χ1n) is 7.52. The Morgan fingerprint density at radius 1 is 1.32 bits per heavy atom. The molecule has 2 N–H and O–H groups in total. The Kier molecular flexibility index (Phi) is 4.27. The third-order valence-electron chi connectivity index (χ3n) is 3.83. The summed E-state index contributed by atoms with van der Waals surface area (Å²) in [5.41, 5.74) is 6.23. The summed E-state index contributed by atoms with van der Waals surface area (Å²) in [7, 11) is 0. The normalized spacial score (nSPS) is 22.7. The summed E-state index contributed by atoms with van der Waals surface area (Å²) >= 11 is 1.54. The maximum atomic E-state index is 9.94. The first-order chi connectivity index (χ1) is 10.5. The summed E-state index contributed by atoms with van der Waals surface area (Å²) in [6, 6.07) is 10.1. The molecule has 1 unspecified atom stereocenters. The van der Waals surface area contributed by atoms with Crippen LogP contribution in [0.1, 0.15) is 33.1 Å². The number of aromatic nitrogens is 1. The van der Waals surface area contributed by atoms with E-state index < -0.39 is 0 Å². The fourth-order valence-electron chi connectivity index (χ4n) is 2.96. The molecule has 0 aliphatic heterocycles. The van der Waals surface area contributed by atoms with Crippen LogP contribution in [0, 0.1) is 5.41 Å². The van der Waals surface area contributed by atoms with Crippen molar-refractivity contribution in [3.8, 4) is 11.3 Å². The molecular weight excluding hydrogens is 294 g/mol. The molecule has 0 radical (unpaired) electrons. The molecule has 5 heteroatoms. The highest BCUT2D eigenvalue weighted by Crippen LogP contribution is 2.34. The van der Waals surface area contributed by atoms with E-state index in [9.17, 15) is 5.11 Å². The predicted molar refractivity (Wildman–Crippen MR) is 92.2 cm³/mol. The topological polar surface area (TPSA) is 57.5 Å². The minimum atomic E-state index is -0.291. The lowest BCUT2D eigenvalue weighted by Crippen LogP contribution is -2.32. The van der Waals surface area contributed by atoms with Gasteiger partial charge >= 0.3 is 0 Å². The molecule has 1 atom stereocenters. The number of hydrogen-bond donors (Lipinski definition) is 2. The number of nitrogens with zero attached hydrogens (tertiary/aromatic N) is 2. The van der Waals surface area contributed by atoms with Gasteiger partial charge in [0.15, 0.2) is 0 Å². The number of hydrazone groups is 1. The van der Waals surface area contributed by atoms with E-state index in [1.54, 1.807) is 11.3 Å². The number of aliphatic hydroxyl groups is 1. The molecular formula is C17H21N3OS. The number of aliphatic hydroxyl groups excluding tert-OH is 1. The molecule has 0 saturated heterocycles. The van der Waals surface area contributed by atoms with Crippen LogP contribution in [0.5, 0.6) is 0 Å². The lowest BCUT2D eigenvalue weighted by Gasteiger charge is -2.33. The van der Waals surface area contributed by atoms with Crippen molar-refractivity contribution in [1.29, 1.82) is 0 Å². The van der Waals surface area contributed by atoms with Crippen molar-refractivity contribution in [3.05, 3.63) is 35.7 Å². The summed E-state index contributed by atoms with van der Waals surface area (Å²) in [6.45, 7) is 4.34. The average molecular weight is 315 g/mol. The molecule has 22 heavy (non-hydrogen) atoms. The van der Waals surface area contributed by atoms with Crippen LogP contribution in [-0.4, -0.2) is 21.9 Å². The molecule has 3 rings (SSSR count). The predicted octanol–water partition coefficient (Wildman–Crippen LogP) is 4.15. The zero-order valence-corrected chi connectivity index (χ0v) is 13.7. The Labute approximate surface area is 134 Å². The van der Waals surface area contributed by atoms with Crippen LogP contribution in [0.4, 0.5) is 5.13 Å². The van der Waals surface area contributed by atoms with E-state index in [0.717, 1.165) is 34.9 Å². The zero-order chi connectivity index (χ0) is 15.6. The van der Waals surface area contributed by atoms with Gasteiger partial charge in [0.05, 0.1) is 11.8 Å². The van der Waals surface area contributed by atoms with Gasteiger partial charge < -0.3 is 5.11 Å². The van der Waals surface area contributed by atoms with Crippen LogP contribution in [0.3, 0.4) is 0 Å². The quantitative estimate of drug-likeness (QED) is 0.837. The van der Waals surface area contributed by atoms with Gasteiger partial charge in [-0.25, -0.2) is 4.98 Å². The second-order valence-electron chi connectivity index (χ2n) is 6.60. The van der Waals surface area contributed by atoms with E-state index in [2.05, 4.69) is 29.4 Å². The van der Waals surface area contributed by atoms with Crippen LogP contribution in [-0.2, 0) is 0 Å². The van der Waals surface area contributed by atoms with Gasteiger partial charge in [-0.05, 0) is 18.3 Å². The van der Waals surface area contributed by atoms with Gasteiger partial charge in [-0.1, -0.05) is 44.2 Å². The van der Waals surface area contributed by atoms with Gasteiger partial charge in [-0.3, -0.25) is 5.43 Å². The molecule has 1 aromatic carbocycles. The Balaban J connectivity index is 1.69. The van der Waals surface area contributed by atoms with Gasteiger partial charge in [-0.15, -0.1) is 11.3 Å². The second-order valence-corrected chi connectivity index (χ2v) is 7.45. The van der Waals surface area contributed by atoms with E-state index in [-0.39, 0.29) is 11.5 Å². The highest BCUT2D eigenvalue weighted by atomic mass is 32.1. The summed E-state index contributed by atoms with van der Waals surface area (Å²) in [6.07, 6.45) is 2.10. The van der Waals surface area contributed by atoms with E-state index in [4.69, 9.17) is 0 Å². The van der Waals surface area contributed by atoms with Gasteiger partial charge in [0.1, 0.15) is 0 Å². The fourth-order valence-corrected chi connectivity index (χ4v) is 3.62. The highest BCUT2D eigenvalue weighted by molar-refractivity contribution is 7.14. The summed E-state index contributed by atoms with van der Waals surface area (Å²) in [5, 5.41) is 17.2. The van der Waals surface area contributed by atoms with Crippen LogP contribution in [0.15, 0.2) is 40.8 Å². The largest absolute Gasteiger partial charge is 0.393 e. The van der Waals surface area contributed by atoms with E-state index in [1.165, 1.54) is 0 Å². The van der Waals surface area contributed by atoms with Gasteiger partial charge in [0, 0.05) is 23.1 Å². The average Bonchev–Trinajstić information content (AvgIpc) is 2.93. The monoisotopic (exact) mass is 315 g/mol. The highest BCUT2D eigenvalue weighted by Gasteiger charge is 2.30. The minimum Gasteiger partial charge on any atom is -0.393 e. The van der Waals surface area contributed by atoms with Gasteiger partial charge in [0.25, 0.3) is 0 Å². The van der Waals surface area contributed by atoms with Gasteiger partial charge in [0.2, 0.25) is 5.13 Å². The van der Waals surface area contributed by atoms with E-state index in [1.807, 2.05) is 35.7 Å². The van der Waals surface area contributed by atoms with Crippen molar-refractivity contribution < 1.29 is 5.11 Å². The van der Waals surface area contributed by atoms with Crippen LogP contribution < -0.4 is 5.43 Å². The Hall–Kier alpha value is -1.72. The Morgan fingerprint density at radius 3 is 2.82 bits per heavy atom. The van der Waals surface area contributed by atoms with Crippen molar-refractivity contribution in [1.82, 2.24) is 4.98 Å². The van der Waals surface area contributed by atoms with Crippen molar-refractivity contribution in [2.75, 3.05) is 5.43 Å². The molecule has 116 valence electrons. The number of thiazole rings is 1. The van der Waals surface area contributed by atoms with E-state index in [0.29, 0.717) is 6.42 Å². The third-order valence-corrected chi connectivity index (χ3v) is 4.57. The molecule has 4 nitrogen and oxygen atoms in total. The molecule has 1 aromatic heterocycles. The maximum absolute atomic E-state index is 9.94. The molecule has 1 fully saturated rings. The SMILES string of the molecule is CC1(C)C/C(=N/Nc2nc(-c3ccccc3)cs2)CC(O)C1. The van der Waals surface area contributed by atoms with Crippen LogP contribution in [0.2, 0.25) is 0 Å². The molecule has 1 saturated carbocycles. The lowest BCUT2D eigenvalue weighted by molar-refractivity contribution is 0.108. The molecule has 1 aliphatic carbocycles. The van der Waals surface area contributed by atoms with E-state index >= 15 is 0 Å². The Morgan fingerprint density at radius 2 is 2.09 bits per heavy atom. The first kappa shape index (κ1) is 15.2. The summed E-state index contributed by atoms with van der Waals surface area (Å²) < 4.78 is 0. The number of nitrogens with one attached hydrogen (secondary N) is 1. The zero-order valence-electron chi connectivity index (χ0n) is 12.9. The summed E-state index contributed by atoms with van der Waals surface area (Å²) in [5.74, 6) is 0. The molecule has 1 aliphatic rings. The molecule has 0 bridgehead atoms. The number of hydrogen-bond acceptors (Lipinski definition) is 5. The minimum absolute atomic E-state index is 0.107. The second kappa shape index (κ2) is 6.18. The number of rotatable bonds is 3. The van der Waals surface area contributed by atoms with Crippen LogP contribution >= 0.6 is 11.3 Å². The lowest BCUT2D eigenvalue weighted by atomic mass is 9.75. The first-order valence-corrected chi connectivity index (χ1v) is 8.40. The van der Waals surface area contributed by atoms with Crippen LogP contribution in [0.25, 0.3) is 11.3 Å². The maximum Gasteiger partial charge on any atom is 0.203 e. The molecule has 0 amide bonds. The van der Waals surface area contributed by atoms with Crippen molar-refractivity contribution in [2.45, 2.75) is 39.2 Å². The number of anilines is 1. The summed E-state index contributed by atoms with van der Waals surface area (Å²) in [4.78, 5) is 4.56. The van der Waals surface area contributed by atoms with Crippen molar-refractivity contribution in [2.24, 2.45) is 10.5 Å². The van der Waals surface area contributed by atoms with Crippen molar-refractivity contribution in [3.63, 3.8) is 0 Å². The van der Waals surface area contributed by atoms with Crippen molar-refractivity contribution >= 4 is 22.2 Å². The standard InChI is InChI=1S/C17H21N3OS/c1-17(2)9-13(8-14(21)10-17)19-20-16-18-15(11-22-16)12-6-4-3-5-7-12/h3-7,11,14,21H,8-10H2,1-2H3,(H,18,20)/b19-13+. The van der Waals surface area contributed by atoms with Gasteiger partial charge in [-0.2, -0.15) is 5.10 Å².